The van der Waals surface area contributed by atoms with Crippen LogP contribution in [0.15, 0.2) is 45.8 Å². The molecule has 0 unspecified atom stereocenters. The molecule has 0 saturated heterocycles. The van der Waals surface area contributed by atoms with Crippen LogP contribution >= 0.6 is 27.5 Å². The summed E-state index contributed by atoms with van der Waals surface area (Å²) in [4.78, 5) is 0.0267. The van der Waals surface area contributed by atoms with Gasteiger partial charge in [0, 0.05) is 10.2 Å². The lowest BCUT2D eigenvalue weighted by atomic mass is 10.2. The van der Waals surface area contributed by atoms with Gasteiger partial charge in [0.1, 0.15) is 5.75 Å². The van der Waals surface area contributed by atoms with Crippen molar-refractivity contribution in [2.75, 3.05) is 12.8 Å². The van der Waals surface area contributed by atoms with Gasteiger partial charge in [-0.3, -0.25) is 0 Å². The van der Waals surface area contributed by atoms with Crippen molar-refractivity contribution in [3.8, 4) is 5.75 Å². The van der Waals surface area contributed by atoms with Gasteiger partial charge in [0.05, 0.1) is 22.8 Å². The van der Waals surface area contributed by atoms with Gasteiger partial charge < -0.3 is 10.5 Å². The highest BCUT2D eigenvalue weighted by Crippen LogP contribution is 2.30. The Labute approximate surface area is 136 Å². The molecule has 0 aliphatic rings. The zero-order chi connectivity index (χ0) is 15.6. The molecule has 0 radical (unpaired) electrons. The van der Waals surface area contributed by atoms with E-state index in [1.54, 1.807) is 24.3 Å². The summed E-state index contributed by atoms with van der Waals surface area (Å²) in [5.74, 6) is 0.385. The molecule has 0 spiro atoms. The number of ether oxygens (including phenoxy) is 1. The average molecular weight is 391 g/mol. The van der Waals surface area contributed by atoms with Crippen LogP contribution in [0.5, 0.6) is 5.75 Å². The first kappa shape index (κ1) is 16.1. The van der Waals surface area contributed by atoms with E-state index in [-0.39, 0.29) is 15.7 Å². The summed E-state index contributed by atoms with van der Waals surface area (Å²) < 4.78 is 30.8. The van der Waals surface area contributed by atoms with Crippen molar-refractivity contribution in [1.29, 1.82) is 0 Å². The number of nitrogen functional groups attached to an aromatic ring is 1. The van der Waals surface area contributed by atoms with Gasteiger partial charge in [-0.15, -0.1) is 0 Å². The highest BCUT2D eigenvalue weighted by atomic mass is 79.9. The average Bonchev–Trinajstić information content (AvgIpc) is 2.43. The molecule has 0 aliphatic heterocycles. The van der Waals surface area contributed by atoms with Crippen LogP contribution in [0.1, 0.15) is 5.56 Å². The van der Waals surface area contributed by atoms with Gasteiger partial charge in [-0.1, -0.05) is 27.5 Å². The smallest absolute Gasteiger partial charge is 0.184 e. The predicted octanol–water partition coefficient (Wildman–Crippen LogP) is 3.67. The molecule has 0 amide bonds. The van der Waals surface area contributed by atoms with Crippen LogP contribution in [0.2, 0.25) is 5.02 Å². The molecule has 2 aromatic rings. The number of methoxy groups -OCH3 is 1. The van der Waals surface area contributed by atoms with E-state index in [0.717, 1.165) is 0 Å². The molecule has 2 aromatic carbocycles. The van der Waals surface area contributed by atoms with Crippen molar-refractivity contribution in [1.82, 2.24) is 0 Å². The number of halogens is 2. The van der Waals surface area contributed by atoms with Gasteiger partial charge >= 0.3 is 0 Å². The summed E-state index contributed by atoms with van der Waals surface area (Å²) in [6.45, 7) is 0. The Morgan fingerprint density at radius 2 is 1.95 bits per heavy atom. The minimum absolute atomic E-state index is 0.0267. The number of hydrogen-bond acceptors (Lipinski definition) is 4. The maximum Gasteiger partial charge on any atom is 0.184 e. The number of sulfone groups is 1. The predicted molar refractivity (Wildman–Crippen MR) is 87.4 cm³/mol. The van der Waals surface area contributed by atoms with Crippen LogP contribution in [0.4, 0.5) is 5.69 Å². The molecule has 2 N–H and O–H groups in total. The summed E-state index contributed by atoms with van der Waals surface area (Å²) in [6.07, 6.45) is 0. The second-order valence-corrected chi connectivity index (χ2v) is 7.63. The second kappa shape index (κ2) is 6.25. The first-order valence-corrected chi connectivity index (χ1v) is 8.76. The summed E-state index contributed by atoms with van der Waals surface area (Å²) in [5.41, 5.74) is 6.58. The Kier molecular flexibility index (Phi) is 4.81. The summed E-state index contributed by atoms with van der Waals surface area (Å²) in [6, 6.07) is 9.55. The highest BCUT2D eigenvalue weighted by molar-refractivity contribution is 9.10. The molecule has 0 aliphatic carbocycles. The fraction of sp³-hybridized carbons (Fsp3) is 0.143. The minimum atomic E-state index is -3.61. The Hall–Kier alpha value is -1.24. The second-order valence-electron chi connectivity index (χ2n) is 4.41. The van der Waals surface area contributed by atoms with Crippen LogP contribution in [0.3, 0.4) is 0 Å². The van der Waals surface area contributed by atoms with E-state index in [4.69, 9.17) is 22.1 Å². The lowest BCUT2D eigenvalue weighted by Gasteiger charge is -2.10. The molecule has 2 rings (SSSR count). The molecule has 4 nitrogen and oxygen atoms in total. The number of anilines is 1. The van der Waals surface area contributed by atoms with Crippen molar-refractivity contribution >= 4 is 43.1 Å². The zero-order valence-electron chi connectivity index (χ0n) is 11.1. The molecule has 112 valence electrons. The molecular weight excluding hydrogens is 378 g/mol. The Morgan fingerprint density at radius 3 is 2.62 bits per heavy atom. The Balaban J connectivity index is 2.44. The number of benzene rings is 2. The van der Waals surface area contributed by atoms with E-state index in [0.29, 0.717) is 21.5 Å². The fourth-order valence-electron chi connectivity index (χ4n) is 1.83. The van der Waals surface area contributed by atoms with E-state index in [1.165, 1.54) is 19.2 Å². The number of rotatable bonds is 4. The third kappa shape index (κ3) is 3.70. The van der Waals surface area contributed by atoms with E-state index in [9.17, 15) is 8.42 Å². The van der Waals surface area contributed by atoms with Crippen LogP contribution in [-0.4, -0.2) is 15.5 Å². The topological polar surface area (TPSA) is 69.4 Å². The highest BCUT2D eigenvalue weighted by Gasteiger charge is 2.20. The van der Waals surface area contributed by atoms with E-state index in [1.807, 2.05) is 0 Å². The number of hydrogen-bond donors (Lipinski definition) is 1. The molecule has 21 heavy (non-hydrogen) atoms. The van der Waals surface area contributed by atoms with Crippen LogP contribution in [-0.2, 0) is 15.6 Å². The lowest BCUT2D eigenvalue weighted by Crippen LogP contribution is -2.07. The van der Waals surface area contributed by atoms with Gasteiger partial charge in [0.2, 0.25) is 0 Å². The van der Waals surface area contributed by atoms with E-state index in [2.05, 4.69) is 15.9 Å². The zero-order valence-corrected chi connectivity index (χ0v) is 14.3. The molecule has 7 heteroatoms. The first-order chi connectivity index (χ1) is 9.83. The van der Waals surface area contributed by atoms with Crippen molar-refractivity contribution in [3.05, 3.63) is 51.5 Å². The normalized spacial score (nSPS) is 11.4. The summed E-state index contributed by atoms with van der Waals surface area (Å²) in [5, 5.41) is 0.156. The summed E-state index contributed by atoms with van der Waals surface area (Å²) in [7, 11) is -2.09. The number of nitrogens with two attached hydrogens (primary N) is 1. The van der Waals surface area contributed by atoms with E-state index >= 15 is 0 Å². The van der Waals surface area contributed by atoms with Crippen molar-refractivity contribution < 1.29 is 13.2 Å². The lowest BCUT2D eigenvalue weighted by molar-refractivity contribution is 0.414. The van der Waals surface area contributed by atoms with Gasteiger partial charge in [-0.25, -0.2) is 8.42 Å². The molecule has 0 aromatic heterocycles. The minimum Gasteiger partial charge on any atom is -0.497 e. The molecule has 0 fully saturated rings. The quantitative estimate of drug-likeness (QED) is 0.809. The molecule has 0 atom stereocenters. The van der Waals surface area contributed by atoms with Gasteiger partial charge in [-0.05, 0) is 42.0 Å². The Bertz CT molecular complexity index is 778. The third-order valence-corrected chi connectivity index (χ3v) is 5.80. The molecular formula is C14H13BrClNO3S. The maximum atomic E-state index is 12.5. The van der Waals surface area contributed by atoms with Crippen LogP contribution < -0.4 is 10.5 Å². The van der Waals surface area contributed by atoms with Gasteiger partial charge in [0.15, 0.2) is 9.84 Å². The molecule has 0 bridgehead atoms. The molecule has 0 saturated carbocycles. The first-order valence-electron chi connectivity index (χ1n) is 5.93. The summed E-state index contributed by atoms with van der Waals surface area (Å²) >= 11 is 9.31. The van der Waals surface area contributed by atoms with Crippen molar-refractivity contribution in [2.24, 2.45) is 0 Å². The largest absolute Gasteiger partial charge is 0.497 e. The fourth-order valence-corrected chi connectivity index (χ4v) is 4.36. The van der Waals surface area contributed by atoms with Gasteiger partial charge in [0.25, 0.3) is 0 Å². The standard InChI is InChI=1S/C14H13BrClNO3S/c1-20-11-3-4-12(15)9(6-11)8-21(18,19)14-7-10(17)2-5-13(14)16/h2-7H,8,17H2,1H3. The maximum absolute atomic E-state index is 12.5. The monoisotopic (exact) mass is 389 g/mol. The van der Waals surface area contributed by atoms with Gasteiger partial charge in [-0.2, -0.15) is 0 Å². The molecule has 0 heterocycles. The SMILES string of the molecule is COc1ccc(Br)c(CS(=O)(=O)c2cc(N)ccc2Cl)c1. The third-order valence-electron chi connectivity index (χ3n) is 2.89. The Morgan fingerprint density at radius 1 is 1.24 bits per heavy atom. The van der Waals surface area contributed by atoms with Crippen LogP contribution in [0, 0.1) is 0 Å². The van der Waals surface area contributed by atoms with Crippen LogP contribution in [0.25, 0.3) is 0 Å². The van der Waals surface area contributed by atoms with E-state index < -0.39 is 9.84 Å². The van der Waals surface area contributed by atoms with Crippen molar-refractivity contribution in [2.45, 2.75) is 10.6 Å². The van der Waals surface area contributed by atoms with Crippen molar-refractivity contribution in [3.63, 3.8) is 0 Å².